The number of aryl methyl sites for hydroxylation is 1. The van der Waals surface area contributed by atoms with E-state index < -0.39 is 12.0 Å². The maximum absolute atomic E-state index is 11.1. The molecule has 1 atom stereocenters. The molecule has 5 nitrogen and oxygen atoms in total. The average molecular weight is 221 g/mol. The number of aliphatic carboxylic acids is 1. The van der Waals surface area contributed by atoms with Gasteiger partial charge >= 0.3 is 5.97 Å². The molecule has 86 valence electrons. The number of rotatable bonds is 2. The summed E-state index contributed by atoms with van der Waals surface area (Å²) in [5.41, 5.74) is 0. The van der Waals surface area contributed by atoms with E-state index in [-0.39, 0.29) is 0 Å². The standard InChI is InChI=1S/C11H15N3O2/c15-11(16)8-5-2-6-9-12-10(13-14(8)9)7-3-1-4-7/h7-8H,1-6H2,(H,15,16). The van der Waals surface area contributed by atoms with Crippen molar-refractivity contribution in [2.75, 3.05) is 0 Å². The third-order valence-corrected chi connectivity index (χ3v) is 3.65. The van der Waals surface area contributed by atoms with Crippen molar-refractivity contribution in [2.24, 2.45) is 0 Å². The minimum absolute atomic E-state index is 0.479. The summed E-state index contributed by atoms with van der Waals surface area (Å²) in [7, 11) is 0. The van der Waals surface area contributed by atoms with E-state index in [0.717, 1.165) is 37.3 Å². The monoisotopic (exact) mass is 221 g/mol. The fourth-order valence-corrected chi connectivity index (χ4v) is 2.44. The molecule has 1 aromatic heterocycles. The fraction of sp³-hybridized carbons (Fsp3) is 0.727. The van der Waals surface area contributed by atoms with E-state index in [0.29, 0.717) is 12.3 Å². The zero-order valence-corrected chi connectivity index (χ0v) is 9.09. The first kappa shape index (κ1) is 9.81. The highest BCUT2D eigenvalue weighted by atomic mass is 16.4. The third-order valence-electron chi connectivity index (χ3n) is 3.65. The van der Waals surface area contributed by atoms with Gasteiger partial charge in [-0.2, -0.15) is 5.10 Å². The summed E-state index contributed by atoms with van der Waals surface area (Å²) in [6, 6.07) is -0.495. The Labute approximate surface area is 93.5 Å². The molecule has 1 N–H and O–H groups in total. The van der Waals surface area contributed by atoms with Gasteiger partial charge in [-0.25, -0.2) is 14.5 Å². The van der Waals surface area contributed by atoms with Crippen molar-refractivity contribution in [3.63, 3.8) is 0 Å². The van der Waals surface area contributed by atoms with Crippen molar-refractivity contribution in [3.8, 4) is 0 Å². The van der Waals surface area contributed by atoms with E-state index in [2.05, 4.69) is 10.1 Å². The van der Waals surface area contributed by atoms with Crippen molar-refractivity contribution >= 4 is 5.97 Å². The van der Waals surface area contributed by atoms with Crippen molar-refractivity contribution in [3.05, 3.63) is 11.6 Å². The highest BCUT2D eigenvalue weighted by molar-refractivity contribution is 5.71. The molecule has 1 saturated carbocycles. The summed E-state index contributed by atoms with van der Waals surface area (Å²) in [5.74, 6) is 1.42. The average Bonchev–Trinajstić information content (AvgIpc) is 2.56. The SMILES string of the molecule is O=C(O)C1CCCc2nc(C3CCC3)nn21. The van der Waals surface area contributed by atoms with Crippen molar-refractivity contribution in [1.29, 1.82) is 0 Å². The van der Waals surface area contributed by atoms with Crippen LogP contribution in [-0.2, 0) is 11.2 Å². The molecule has 1 aliphatic carbocycles. The Morgan fingerprint density at radius 2 is 2.12 bits per heavy atom. The molecule has 1 fully saturated rings. The minimum Gasteiger partial charge on any atom is -0.480 e. The molecule has 0 saturated heterocycles. The number of hydrogen-bond donors (Lipinski definition) is 1. The van der Waals surface area contributed by atoms with Crippen molar-refractivity contribution < 1.29 is 9.90 Å². The lowest BCUT2D eigenvalue weighted by molar-refractivity contribution is -0.141. The van der Waals surface area contributed by atoms with Crippen molar-refractivity contribution in [2.45, 2.75) is 50.5 Å². The molecule has 1 unspecified atom stereocenters. The highest BCUT2D eigenvalue weighted by Gasteiger charge is 2.31. The van der Waals surface area contributed by atoms with Gasteiger partial charge in [0.1, 0.15) is 5.82 Å². The van der Waals surface area contributed by atoms with E-state index >= 15 is 0 Å². The number of hydrogen-bond acceptors (Lipinski definition) is 3. The van der Waals surface area contributed by atoms with Gasteiger partial charge in [-0.3, -0.25) is 0 Å². The molecule has 0 aromatic carbocycles. The Morgan fingerprint density at radius 3 is 2.75 bits per heavy atom. The van der Waals surface area contributed by atoms with Crippen LogP contribution in [0, 0.1) is 0 Å². The first-order valence-corrected chi connectivity index (χ1v) is 5.94. The molecule has 0 bridgehead atoms. The lowest BCUT2D eigenvalue weighted by Gasteiger charge is -2.22. The Hall–Kier alpha value is -1.39. The third kappa shape index (κ3) is 1.42. The van der Waals surface area contributed by atoms with E-state index in [1.165, 1.54) is 6.42 Å². The van der Waals surface area contributed by atoms with Gasteiger partial charge in [0.2, 0.25) is 0 Å². The van der Waals surface area contributed by atoms with E-state index in [1.54, 1.807) is 4.68 Å². The zero-order valence-electron chi connectivity index (χ0n) is 9.09. The summed E-state index contributed by atoms with van der Waals surface area (Å²) in [6.45, 7) is 0. The highest BCUT2D eigenvalue weighted by Crippen LogP contribution is 2.35. The van der Waals surface area contributed by atoms with Gasteiger partial charge in [0, 0.05) is 12.3 Å². The molecule has 16 heavy (non-hydrogen) atoms. The van der Waals surface area contributed by atoms with E-state index in [1.807, 2.05) is 0 Å². The molecule has 2 heterocycles. The van der Waals surface area contributed by atoms with E-state index in [4.69, 9.17) is 5.11 Å². The summed E-state index contributed by atoms with van der Waals surface area (Å²) < 4.78 is 1.64. The maximum atomic E-state index is 11.1. The number of aromatic nitrogens is 3. The Bertz CT molecular complexity index is 423. The van der Waals surface area contributed by atoms with Gasteiger partial charge < -0.3 is 5.11 Å². The Morgan fingerprint density at radius 1 is 1.31 bits per heavy atom. The maximum Gasteiger partial charge on any atom is 0.328 e. The predicted octanol–water partition coefficient (Wildman–Crippen LogP) is 1.51. The molecular weight excluding hydrogens is 206 g/mol. The number of carboxylic acid groups (broad SMARTS) is 1. The molecule has 1 aromatic rings. The molecule has 5 heteroatoms. The lowest BCUT2D eigenvalue weighted by atomic mass is 9.85. The normalized spacial score (nSPS) is 24.9. The summed E-state index contributed by atoms with van der Waals surface area (Å²) in [4.78, 5) is 15.6. The largest absolute Gasteiger partial charge is 0.480 e. The molecule has 2 aliphatic rings. The van der Waals surface area contributed by atoms with Gasteiger partial charge in [0.25, 0.3) is 0 Å². The first-order chi connectivity index (χ1) is 7.75. The van der Waals surface area contributed by atoms with Crippen LogP contribution in [0.25, 0.3) is 0 Å². The molecule has 0 radical (unpaired) electrons. The number of fused-ring (bicyclic) bond motifs is 1. The molecule has 0 spiro atoms. The van der Waals surface area contributed by atoms with Crippen LogP contribution in [0.15, 0.2) is 0 Å². The molecule has 0 amide bonds. The smallest absolute Gasteiger partial charge is 0.328 e. The lowest BCUT2D eigenvalue weighted by Crippen LogP contribution is -2.26. The number of carbonyl (C=O) groups is 1. The van der Waals surface area contributed by atoms with Crippen LogP contribution in [-0.4, -0.2) is 25.8 Å². The topological polar surface area (TPSA) is 68.0 Å². The van der Waals surface area contributed by atoms with Gasteiger partial charge in [-0.05, 0) is 25.7 Å². The van der Waals surface area contributed by atoms with Gasteiger partial charge in [-0.1, -0.05) is 6.42 Å². The summed E-state index contributed by atoms with van der Waals surface area (Å²) in [5, 5.41) is 13.5. The molecule has 1 aliphatic heterocycles. The minimum atomic E-state index is -0.786. The van der Waals surface area contributed by atoms with Gasteiger partial charge in [0.05, 0.1) is 0 Å². The van der Waals surface area contributed by atoms with Crippen LogP contribution in [0.3, 0.4) is 0 Å². The van der Waals surface area contributed by atoms with Gasteiger partial charge in [-0.15, -0.1) is 0 Å². The Balaban J connectivity index is 1.94. The number of carboxylic acids is 1. The Kier molecular flexibility index (Phi) is 2.19. The van der Waals surface area contributed by atoms with Gasteiger partial charge in [0.15, 0.2) is 11.9 Å². The second-order valence-electron chi connectivity index (χ2n) is 4.70. The van der Waals surface area contributed by atoms with Crippen LogP contribution in [0.5, 0.6) is 0 Å². The second-order valence-corrected chi connectivity index (χ2v) is 4.70. The second kappa shape index (κ2) is 3.57. The summed E-state index contributed by atoms with van der Waals surface area (Å²) >= 11 is 0. The van der Waals surface area contributed by atoms with Crippen LogP contribution in [0.1, 0.15) is 55.7 Å². The quantitative estimate of drug-likeness (QED) is 0.821. The fourth-order valence-electron chi connectivity index (χ4n) is 2.44. The van der Waals surface area contributed by atoms with Crippen LogP contribution in [0.2, 0.25) is 0 Å². The zero-order chi connectivity index (χ0) is 11.1. The molecule has 3 rings (SSSR count). The van der Waals surface area contributed by atoms with Crippen LogP contribution >= 0.6 is 0 Å². The van der Waals surface area contributed by atoms with Crippen LogP contribution < -0.4 is 0 Å². The van der Waals surface area contributed by atoms with Crippen LogP contribution in [0.4, 0.5) is 0 Å². The first-order valence-electron chi connectivity index (χ1n) is 5.94. The number of nitrogens with zero attached hydrogens (tertiary/aromatic N) is 3. The predicted molar refractivity (Wildman–Crippen MR) is 56.2 cm³/mol. The molecular formula is C11H15N3O2. The summed E-state index contributed by atoms with van der Waals surface area (Å²) in [6.07, 6.45) is 6.00. The van der Waals surface area contributed by atoms with E-state index in [9.17, 15) is 4.79 Å². The van der Waals surface area contributed by atoms with Crippen molar-refractivity contribution in [1.82, 2.24) is 14.8 Å².